The van der Waals surface area contributed by atoms with E-state index in [-0.39, 0.29) is 0 Å². The summed E-state index contributed by atoms with van der Waals surface area (Å²) in [7, 11) is 1.71. The Morgan fingerprint density at radius 1 is 0.968 bits per heavy atom. The number of aromatic hydroxyl groups is 1. The Labute approximate surface area is 185 Å². The molecule has 0 spiro atoms. The number of nitrogens with zero attached hydrogens (tertiary/aromatic N) is 2. The Kier molecular flexibility index (Phi) is 5.66. The van der Waals surface area contributed by atoms with E-state index in [1.54, 1.807) is 7.11 Å². The van der Waals surface area contributed by atoms with Crippen LogP contribution in [0.4, 0.5) is 0 Å². The molecule has 3 aromatic rings. The molecule has 1 N–H and O–H groups in total. The second kappa shape index (κ2) is 8.58. The minimum Gasteiger partial charge on any atom is -0.497 e. The molecule has 2 fully saturated rings. The molecule has 1 aromatic heterocycles. The summed E-state index contributed by atoms with van der Waals surface area (Å²) < 4.78 is 7.33. The fourth-order valence-electron chi connectivity index (χ4n) is 5.18. The van der Waals surface area contributed by atoms with Gasteiger partial charge in [-0.05, 0) is 98.8 Å². The Balaban J connectivity index is 1.20. The Bertz CT molecular complexity index is 1040. The van der Waals surface area contributed by atoms with Crippen molar-refractivity contribution in [3.8, 4) is 11.6 Å². The van der Waals surface area contributed by atoms with Crippen molar-refractivity contribution in [2.24, 2.45) is 11.8 Å². The zero-order chi connectivity index (χ0) is 21.4. The molecule has 1 saturated heterocycles. The third-order valence-corrected chi connectivity index (χ3v) is 7.16. The van der Waals surface area contributed by atoms with Gasteiger partial charge >= 0.3 is 0 Å². The van der Waals surface area contributed by atoms with Crippen LogP contribution in [0.1, 0.15) is 42.4 Å². The van der Waals surface area contributed by atoms with Gasteiger partial charge in [0.2, 0.25) is 0 Å². The van der Waals surface area contributed by atoms with Crippen LogP contribution >= 0.6 is 0 Å². The molecule has 4 heteroatoms. The fraction of sp³-hybridized carbons (Fsp3) is 0.481. The lowest BCUT2D eigenvalue weighted by molar-refractivity contribution is 0.177. The second-order valence-electron chi connectivity index (χ2n) is 9.70. The van der Waals surface area contributed by atoms with Crippen LogP contribution in [0.3, 0.4) is 0 Å². The maximum absolute atomic E-state index is 10.7. The van der Waals surface area contributed by atoms with Gasteiger partial charge < -0.3 is 14.4 Å². The van der Waals surface area contributed by atoms with Crippen molar-refractivity contribution in [1.82, 2.24) is 9.47 Å². The largest absolute Gasteiger partial charge is 0.497 e. The maximum atomic E-state index is 10.7. The molecule has 2 aromatic carbocycles. The van der Waals surface area contributed by atoms with Crippen LogP contribution in [0.15, 0.2) is 42.6 Å². The van der Waals surface area contributed by atoms with Gasteiger partial charge in [-0.15, -0.1) is 0 Å². The van der Waals surface area contributed by atoms with E-state index in [0.29, 0.717) is 5.88 Å². The third kappa shape index (κ3) is 4.59. The number of aryl methyl sites for hydroxylation is 1. The van der Waals surface area contributed by atoms with Gasteiger partial charge in [0.25, 0.3) is 0 Å². The number of fused-ring (bicyclic) bond motifs is 1. The summed E-state index contributed by atoms with van der Waals surface area (Å²) in [5.74, 6) is 2.88. The molecule has 164 valence electrons. The van der Waals surface area contributed by atoms with Crippen LogP contribution in [0.5, 0.6) is 11.6 Å². The third-order valence-electron chi connectivity index (χ3n) is 7.16. The normalized spacial score (nSPS) is 18.0. The van der Waals surface area contributed by atoms with E-state index in [1.165, 1.54) is 47.8 Å². The van der Waals surface area contributed by atoms with Crippen molar-refractivity contribution < 1.29 is 9.84 Å². The molecule has 2 heterocycles. The highest BCUT2D eigenvalue weighted by Crippen LogP contribution is 2.37. The number of methoxy groups -OCH3 is 1. The minimum atomic E-state index is 0.456. The fourth-order valence-corrected chi connectivity index (χ4v) is 5.18. The lowest BCUT2D eigenvalue weighted by atomic mass is 9.89. The van der Waals surface area contributed by atoms with Gasteiger partial charge in [-0.2, -0.15) is 0 Å². The number of likely N-dealkylation sites (tertiary alicyclic amines) is 1. The van der Waals surface area contributed by atoms with E-state index >= 15 is 0 Å². The van der Waals surface area contributed by atoms with Crippen LogP contribution in [-0.2, 0) is 19.5 Å². The SMILES string of the molecule is COc1ccc(CN2CCC(Cc3cc(C)c4c(O)n(CC5CC5)cc4c3)CC2)cc1. The molecule has 31 heavy (non-hydrogen) atoms. The van der Waals surface area contributed by atoms with Gasteiger partial charge in [0.05, 0.1) is 7.11 Å². The van der Waals surface area contributed by atoms with Crippen LogP contribution in [0, 0.1) is 18.8 Å². The van der Waals surface area contributed by atoms with Gasteiger partial charge in [0.15, 0.2) is 5.88 Å². The van der Waals surface area contributed by atoms with Crippen LogP contribution < -0.4 is 4.74 Å². The number of aromatic nitrogens is 1. The second-order valence-corrected chi connectivity index (χ2v) is 9.70. The Morgan fingerprint density at radius 3 is 2.39 bits per heavy atom. The molecule has 1 saturated carbocycles. The molecular weight excluding hydrogens is 384 g/mol. The molecule has 2 aliphatic rings. The average molecular weight is 419 g/mol. The number of piperidine rings is 1. The highest BCUT2D eigenvalue weighted by molar-refractivity contribution is 5.91. The van der Waals surface area contributed by atoms with Gasteiger partial charge in [-0.1, -0.05) is 18.2 Å². The molecule has 1 aliphatic heterocycles. The monoisotopic (exact) mass is 418 g/mol. The molecule has 0 amide bonds. The molecule has 0 atom stereocenters. The predicted molar refractivity (Wildman–Crippen MR) is 126 cm³/mol. The van der Waals surface area contributed by atoms with Crippen molar-refractivity contribution in [3.05, 3.63) is 59.3 Å². The summed E-state index contributed by atoms with van der Waals surface area (Å²) in [4.78, 5) is 2.57. The first-order valence-corrected chi connectivity index (χ1v) is 11.8. The Morgan fingerprint density at radius 2 is 1.71 bits per heavy atom. The summed E-state index contributed by atoms with van der Waals surface area (Å²) in [5, 5.41) is 12.9. The molecule has 0 unspecified atom stereocenters. The first kappa shape index (κ1) is 20.4. The van der Waals surface area contributed by atoms with E-state index in [4.69, 9.17) is 4.74 Å². The van der Waals surface area contributed by atoms with E-state index < -0.39 is 0 Å². The first-order valence-electron chi connectivity index (χ1n) is 11.8. The van der Waals surface area contributed by atoms with Crippen molar-refractivity contribution in [2.75, 3.05) is 20.2 Å². The topological polar surface area (TPSA) is 37.6 Å². The molecule has 0 radical (unpaired) electrons. The van der Waals surface area contributed by atoms with Crippen molar-refractivity contribution >= 4 is 10.8 Å². The molecule has 5 rings (SSSR count). The summed E-state index contributed by atoms with van der Waals surface area (Å²) in [5.41, 5.74) is 3.98. The minimum absolute atomic E-state index is 0.456. The van der Waals surface area contributed by atoms with E-state index in [9.17, 15) is 5.11 Å². The smallest absolute Gasteiger partial charge is 0.199 e. The highest BCUT2D eigenvalue weighted by atomic mass is 16.5. The molecule has 4 nitrogen and oxygen atoms in total. The average Bonchev–Trinajstić information content (AvgIpc) is 3.53. The summed E-state index contributed by atoms with van der Waals surface area (Å²) in [6, 6.07) is 13.1. The van der Waals surface area contributed by atoms with Crippen LogP contribution in [0.2, 0.25) is 0 Å². The van der Waals surface area contributed by atoms with Gasteiger partial charge in [0, 0.05) is 30.1 Å². The number of hydrogen-bond donors (Lipinski definition) is 1. The number of hydrogen-bond acceptors (Lipinski definition) is 3. The summed E-state index contributed by atoms with van der Waals surface area (Å²) >= 11 is 0. The van der Waals surface area contributed by atoms with Gasteiger partial charge in [0.1, 0.15) is 5.75 Å². The van der Waals surface area contributed by atoms with E-state index in [2.05, 4.69) is 59.0 Å². The number of benzene rings is 2. The quantitative estimate of drug-likeness (QED) is 0.548. The van der Waals surface area contributed by atoms with E-state index in [0.717, 1.165) is 55.6 Å². The maximum Gasteiger partial charge on any atom is 0.199 e. The molecule has 0 bridgehead atoms. The standard InChI is InChI=1S/C27H34N2O2/c1-19-13-23(15-24-18-29(17-22-3-4-22)27(30)26(19)24)14-20-9-11-28(12-10-20)16-21-5-7-25(31-2)8-6-21/h5-8,13,15,18,20,22,30H,3-4,9-12,14,16-17H2,1-2H3. The summed E-state index contributed by atoms with van der Waals surface area (Å²) in [6.45, 7) is 6.45. The van der Waals surface area contributed by atoms with Crippen molar-refractivity contribution in [2.45, 2.75) is 52.1 Å². The zero-order valence-electron chi connectivity index (χ0n) is 18.8. The summed E-state index contributed by atoms with van der Waals surface area (Å²) in [6.07, 6.45) is 8.41. The van der Waals surface area contributed by atoms with Crippen LogP contribution in [0.25, 0.3) is 10.8 Å². The lowest BCUT2D eigenvalue weighted by Crippen LogP contribution is -2.33. The highest BCUT2D eigenvalue weighted by Gasteiger charge is 2.24. The predicted octanol–water partition coefficient (Wildman–Crippen LogP) is 5.53. The van der Waals surface area contributed by atoms with Crippen LogP contribution in [-0.4, -0.2) is 34.8 Å². The first-order chi connectivity index (χ1) is 15.1. The van der Waals surface area contributed by atoms with Crippen molar-refractivity contribution in [3.63, 3.8) is 0 Å². The van der Waals surface area contributed by atoms with Gasteiger partial charge in [-0.3, -0.25) is 4.90 Å². The lowest BCUT2D eigenvalue weighted by Gasteiger charge is -2.32. The van der Waals surface area contributed by atoms with E-state index in [1.807, 2.05) is 0 Å². The molecule has 1 aliphatic carbocycles. The van der Waals surface area contributed by atoms with Gasteiger partial charge in [-0.25, -0.2) is 0 Å². The zero-order valence-corrected chi connectivity index (χ0v) is 18.8. The Hall–Kier alpha value is -2.46. The number of ether oxygens (including phenoxy) is 1. The molecular formula is C27H34N2O2. The van der Waals surface area contributed by atoms with Crippen molar-refractivity contribution in [1.29, 1.82) is 0 Å². The number of rotatable bonds is 7.